The number of hydrogen-bond donors (Lipinski definition) is 0. The average molecular weight is 431 g/mol. The molecule has 0 radical (unpaired) electrons. The number of halogens is 1. The molecule has 0 bridgehead atoms. The van der Waals surface area contributed by atoms with Gasteiger partial charge in [0.15, 0.2) is 14.6 Å². The largest absolute Gasteiger partial charge is 0.354 e. The minimum absolute atomic E-state index is 0.0191. The smallest absolute Gasteiger partial charge is 0.328 e. The van der Waals surface area contributed by atoms with Crippen LogP contribution in [0.15, 0.2) is 53.4 Å². The van der Waals surface area contributed by atoms with Gasteiger partial charge in [0.1, 0.15) is 5.82 Å². The molecular formula is C21H18FNO6S. The summed E-state index contributed by atoms with van der Waals surface area (Å²) in [5, 5.41) is 0.323. The summed E-state index contributed by atoms with van der Waals surface area (Å²) in [5.41, 5.74) is 0.156. The fourth-order valence-electron chi connectivity index (χ4n) is 3.96. The zero-order valence-corrected chi connectivity index (χ0v) is 16.7. The Morgan fingerprint density at radius 2 is 1.43 bits per heavy atom. The molecule has 7 nitrogen and oxygen atoms in total. The quantitative estimate of drug-likeness (QED) is 0.545. The van der Waals surface area contributed by atoms with Gasteiger partial charge in [-0.1, -0.05) is 36.5 Å². The van der Waals surface area contributed by atoms with Crippen molar-refractivity contribution in [2.24, 2.45) is 0 Å². The van der Waals surface area contributed by atoms with E-state index in [0.717, 1.165) is 30.7 Å². The van der Waals surface area contributed by atoms with Crippen molar-refractivity contribution in [3.63, 3.8) is 0 Å². The number of imide groups is 1. The lowest BCUT2D eigenvalue weighted by molar-refractivity contribution is -0.172. The first kappa shape index (κ1) is 20.2. The number of rotatable bonds is 4. The van der Waals surface area contributed by atoms with Crippen molar-refractivity contribution in [1.82, 2.24) is 5.06 Å². The molecule has 1 heterocycles. The van der Waals surface area contributed by atoms with E-state index >= 15 is 0 Å². The standard InChI is InChI=1S/C21H18FNO6S/c22-14-8-10-15(11-9-14)30(27,28)21(12-4-1-5-13-21)20(26)29-23-18(24)16-6-2-3-7-17(16)19(23)25/h2-3,6-11H,1,4-5,12-13H2. The number of sulfone groups is 1. The van der Waals surface area contributed by atoms with E-state index in [0.29, 0.717) is 17.9 Å². The second kappa shape index (κ2) is 7.32. The molecule has 1 aliphatic heterocycles. The Bertz CT molecular complexity index is 1100. The lowest BCUT2D eigenvalue weighted by Crippen LogP contribution is -2.51. The van der Waals surface area contributed by atoms with Gasteiger partial charge >= 0.3 is 5.97 Å². The van der Waals surface area contributed by atoms with Crippen LogP contribution in [0.25, 0.3) is 0 Å². The van der Waals surface area contributed by atoms with E-state index in [4.69, 9.17) is 4.84 Å². The first-order valence-electron chi connectivity index (χ1n) is 9.48. The van der Waals surface area contributed by atoms with Crippen LogP contribution in [-0.2, 0) is 19.5 Å². The maximum Gasteiger partial charge on any atom is 0.354 e. The van der Waals surface area contributed by atoms with E-state index < -0.39 is 38.2 Å². The second-order valence-electron chi connectivity index (χ2n) is 7.34. The molecule has 0 atom stereocenters. The van der Waals surface area contributed by atoms with E-state index in [2.05, 4.69) is 0 Å². The number of nitrogens with zero attached hydrogens (tertiary/aromatic N) is 1. The van der Waals surface area contributed by atoms with Gasteiger partial charge in [-0.2, -0.15) is 0 Å². The highest BCUT2D eigenvalue weighted by Gasteiger charge is 2.55. The number of amides is 2. The highest BCUT2D eigenvalue weighted by Crippen LogP contribution is 2.41. The Kier molecular flexibility index (Phi) is 4.93. The molecule has 0 aromatic heterocycles. The van der Waals surface area contributed by atoms with Gasteiger partial charge < -0.3 is 4.84 Å². The molecule has 0 spiro atoms. The van der Waals surface area contributed by atoms with Gasteiger partial charge in [-0.05, 0) is 49.2 Å². The average Bonchev–Trinajstić information content (AvgIpc) is 2.99. The molecule has 0 unspecified atom stereocenters. The molecule has 30 heavy (non-hydrogen) atoms. The molecule has 1 fully saturated rings. The summed E-state index contributed by atoms with van der Waals surface area (Å²) >= 11 is 0. The second-order valence-corrected chi connectivity index (χ2v) is 9.60. The molecule has 0 saturated heterocycles. The topological polar surface area (TPSA) is 97.8 Å². The number of hydrogen-bond acceptors (Lipinski definition) is 6. The Balaban J connectivity index is 1.70. The highest BCUT2D eigenvalue weighted by atomic mass is 32.2. The third-order valence-electron chi connectivity index (χ3n) is 5.60. The van der Waals surface area contributed by atoms with E-state index in [-0.39, 0.29) is 28.9 Å². The summed E-state index contributed by atoms with van der Waals surface area (Å²) in [6.07, 6.45) is 1.61. The summed E-state index contributed by atoms with van der Waals surface area (Å²) in [6, 6.07) is 10.2. The number of benzene rings is 2. The third-order valence-corrected chi connectivity index (χ3v) is 8.10. The summed E-state index contributed by atoms with van der Waals surface area (Å²) in [7, 11) is -4.27. The number of fused-ring (bicyclic) bond motifs is 1. The minimum Gasteiger partial charge on any atom is -0.328 e. The number of carbonyl (C=O) groups excluding carboxylic acids is 3. The van der Waals surface area contributed by atoms with Crippen LogP contribution in [0.3, 0.4) is 0 Å². The zero-order valence-electron chi connectivity index (χ0n) is 15.8. The Morgan fingerprint density at radius 3 is 1.97 bits per heavy atom. The number of hydroxylamine groups is 2. The molecule has 2 aromatic carbocycles. The SMILES string of the molecule is O=C1c2ccccc2C(=O)N1OC(=O)C1(S(=O)(=O)c2ccc(F)cc2)CCCCC1. The molecule has 9 heteroatoms. The van der Waals surface area contributed by atoms with Gasteiger partial charge in [-0.3, -0.25) is 9.59 Å². The Labute approximate surface area is 172 Å². The van der Waals surface area contributed by atoms with Gasteiger partial charge in [-0.25, -0.2) is 17.6 Å². The van der Waals surface area contributed by atoms with E-state index in [1.165, 1.54) is 12.1 Å². The molecule has 2 aliphatic rings. The molecule has 156 valence electrons. The summed E-state index contributed by atoms with van der Waals surface area (Å²) in [5.74, 6) is -3.44. The minimum atomic E-state index is -4.27. The van der Waals surface area contributed by atoms with E-state index in [9.17, 15) is 27.2 Å². The van der Waals surface area contributed by atoms with Gasteiger partial charge in [0.2, 0.25) is 0 Å². The van der Waals surface area contributed by atoms with Crippen molar-refractivity contribution in [3.8, 4) is 0 Å². The molecule has 0 N–H and O–H groups in total. The molecule has 1 aliphatic carbocycles. The third kappa shape index (κ3) is 3.00. The van der Waals surface area contributed by atoms with Crippen LogP contribution in [0.2, 0.25) is 0 Å². The van der Waals surface area contributed by atoms with Crippen LogP contribution in [0.4, 0.5) is 4.39 Å². The van der Waals surface area contributed by atoms with Crippen molar-refractivity contribution in [3.05, 3.63) is 65.5 Å². The zero-order chi connectivity index (χ0) is 21.5. The van der Waals surface area contributed by atoms with Crippen LogP contribution in [0, 0.1) is 5.82 Å². The van der Waals surface area contributed by atoms with Crippen LogP contribution in [-0.4, -0.2) is 36.0 Å². The predicted octanol–water partition coefficient (Wildman–Crippen LogP) is 3.06. The predicted molar refractivity (Wildman–Crippen MR) is 102 cm³/mol. The summed E-state index contributed by atoms with van der Waals surface area (Å²) < 4.78 is 38.1. The van der Waals surface area contributed by atoms with Crippen molar-refractivity contribution >= 4 is 27.6 Å². The van der Waals surface area contributed by atoms with Gasteiger partial charge in [0.25, 0.3) is 11.8 Å². The number of carbonyl (C=O) groups is 3. The van der Waals surface area contributed by atoms with Crippen LogP contribution < -0.4 is 0 Å². The van der Waals surface area contributed by atoms with Gasteiger partial charge in [0, 0.05) is 0 Å². The molecule has 1 saturated carbocycles. The fraction of sp³-hybridized carbons (Fsp3) is 0.286. The van der Waals surface area contributed by atoms with Crippen LogP contribution in [0.1, 0.15) is 52.8 Å². The van der Waals surface area contributed by atoms with E-state index in [1.54, 1.807) is 12.1 Å². The summed E-state index contributed by atoms with van der Waals surface area (Å²) in [4.78, 5) is 43.1. The monoisotopic (exact) mass is 431 g/mol. The first-order chi connectivity index (χ1) is 14.3. The van der Waals surface area contributed by atoms with Crippen molar-refractivity contribution in [1.29, 1.82) is 0 Å². The van der Waals surface area contributed by atoms with Gasteiger partial charge in [-0.15, -0.1) is 0 Å². The first-order valence-corrected chi connectivity index (χ1v) is 11.0. The Morgan fingerprint density at radius 1 is 0.900 bits per heavy atom. The summed E-state index contributed by atoms with van der Waals surface area (Å²) in [6.45, 7) is 0. The van der Waals surface area contributed by atoms with Crippen LogP contribution in [0.5, 0.6) is 0 Å². The van der Waals surface area contributed by atoms with Crippen molar-refractivity contribution < 1.29 is 32.0 Å². The lowest BCUT2D eigenvalue weighted by atomic mass is 9.88. The van der Waals surface area contributed by atoms with Crippen molar-refractivity contribution in [2.75, 3.05) is 0 Å². The maximum absolute atomic E-state index is 13.4. The maximum atomic E-state index is 13.4. The molecular weight excluding hydrogens is 413 g/mol. The van der Waals surface area contributed by atoms with Crippen molar-refractivity contribution in [2.45, 2.75) is 41.7 Å². The van der Waals surface area contributed by atoms with Gasteiger partial charge in [0.05, 0.1) is 16.0 Å². The molecule has 2 aromatic rings. The Hall–Kier alpha value is -3.07. The highest BCUT2D eigenvalue weighted by molar-refractivity contribution is 7.93. The molecule has 4 rings (SSSR count). The van der Waals surface area contributed by atoms with Crippen LogP contribution >= 0.6 is 0 Å². The van der Waals surface area contributed by atoms with E-state index in [1.807, 2.05) is 0 Å². The lowest BCUT2D eigenvalue weighted by Gasteiger charge is -2.34. The normalized spacial score (nSPS) is 18.2. The molecule has 2 amide bonds. The fourth-order valence-corrected chi connectivity index (χ4v) is 5.99.